The Bertz CT molecular complexity index is 930. The Kier molecular flexibility index (Phi) is 7.03. The summed E-state index contributed by atoms with van der Waals surface area (Å²) in [5.41, 5.74) is 3.37. The van der Waals surface area contributed by atoms with E-state index in [1.807, 2.05) is 45.0 Å². The molecule has 0 atom stereocenters. The zero-order valence-electron chi connectivity index (χ0n) is 15.7. The van der Waals surface area contributed by atoms with Crippen molar-refractivity contribution in [3.05, 3.63) is 57.1 Å². The molecule has 27 heavy (non-hydrogen) atoms. The molecule has 0 unspecified atom stereocenters. The molecule has 2 aromatic carbocycles. The fourth-order valence-corrected chi connectivity index (χ4v) is 3.21. The van der Waals surface area contributed by atoms with Crippen molar-refractivity contribution in [3.8, 4) is 17.6 Å². The van der Waals surface area contributed by atoms with Gasteiger partial charge >= 0.3 is 0 Å². The smallest absolute Gasteiger partial charge is 0.266 e. The van der Waals surface area contributed by atoms with Gasteiger partial charge in [-0.25, -0.2) is 0 Å². The van der Waals surface area contributed by atoms with E-state index in [1.54, 1.807) is 19.2 Å². The molecular formula is C21H21BrN2O3. The second-order valence-corrected chi connectivity index (χ2v) is 6.76. The molecule has 0 spiro atoms. The molecule has 0 aliphatic heterocycles. The molecule has 2 rings (SSSR count). The third kappa shape index (κ3) is 5.11. The number of amides is 1. The van der Waals surface area contributed by atoms with E-state index in [1.165, 1.54) is 6.08 Å². The fraction of sp³-hybridized carbons (Fsp3) is 0.238. The molecule has 2 aromatic rings. The molecule has 6 heteroatoms. The number of carbonyl (C=O) groups is 1. The molecule has 0 bridgehead atoms. The number of benzene rings is 2. The van der Waals surface area contributed by atoms with Crippen LogP contribution in [0.2, 0.25) is 0 Å². The van der Waals surface area contributed by atoms with Crippen LogP contribution in [0, 0.1) is 25.2 Å². The van der Waals surface area contributed by atoms with E-state index in [2.05, 4.69) is 21.2 Å². The van der Waals surface area contributed by atoms with Crippen LogP contribution in [-0.4, -0.2) is 19.6 Å². The minimum atomic E-state index is -0.464. The van der Waals surface area contributed by atoms with Crippen molar-refractivity contribution in [2.24, 2.45) is 0 Å². The SMILES string of the molecule is CCOc1cc(/C=C(/C#N)C(=O)Nc2ccc(C)cc2C)cc(Br)c1OC. The van der Waals surface area contributed by atoms with Gasteiger partial charge < -0.3 is 14.8 Å². The minimum absolute atomic E-state index is 0.00510. The lowest BCUT2D eigenvalue weighted by Gasteiger charge is -2.12. The zero-order chi connectivity index (χ0) is 20.0. The molecule has 0 aliphatic carbocycles. The molecule has 0 heterocycles. The Morgan fingerprint density at radius 1 is 1.30 bits per heavy atom. The number of anilines is 1. The molecule has 1 amide bonds. The van der Waals surface area contributed by atoms with Crippen molar-refractivity contribution in [2.75, 3.05) is 19.0 Å². The van der Waals surface area contributed by atoms with E-state index < -0.39 is 5.91 Å². The average molecular weight is 429 g/mol. The summed E-state index contributed by atoms with van der Waals surface area (Å²) in [4.78, 5) is 12.5. The maximum Gasteiger partial charge on any atom is 0.266 e. The molecule has 0 aliphatic rings. The van der Waals surface area contributed by atoms with E-state index in [9.17, 15) is 10.1 Å². The van der Waals surface area contributed by atoms with Crippen molar-refractivity contribution in [1.29, 1.82) is 5.26 Å². The Hall–Kier alpha value is -2.78. The van der Waals surface area contributed by atoms with Crippen LogP contribution in [0.1, 0.15) is 23.6 Å². The Labute approximate surface area is 167 Å². The largest absolute Gasteiger partial charge is 0.492 e. The summed E-state index contributed by atoms with van der Waals surface area (Å²) in [6.45, 7) is 6.23. The topological polar surface area (TPSA) is 71.3 Å². The van der Waals surface area contributed by atoms with Crippen LogP contribution in [0.15, 0.2) is 40.4 Å². The average Bonchev–Trinajstić information content (AvgIpc) is 2.62. The number of ether oxygens (including phenoxy) is 2. The molecule has 0 saturated heterocycles. The van der Waals surface area contributed by atoms with Crippen LogP contribution in [0.3, 0.4) is 0 Å². The lowest BCUT2D eigenvalue weighted by Crippen LogP contribution is -2.14. The van der Waals surface area contributed by atoms with E-state index in [0.717, 1.165) is 11.1 Å². The van der Waals surface area contributed by atoms with Gasteiger partial charge in [-0.15, -0.1) is 0 Å². The van der Waals surface area contributed by atoms with Gasteiger partial charge in [0.2, 0.25) is 0 Å². The minimum Gasteiger partial charge on any atom is -0.492 e. The first-order chi connectivity index (χ1) is 12.9. The number of nitrogens with zero attached hydrogens (tertiary/aromatic N) is 1. The number of carbonyl (C=O) groups excluding carboxylic acids is 1. The molecule has 0 aromatic heterocycles. The van der Waals surface area contributed by atoms with Gasteiger partial charge in [0.1, 0.15) is 11.6 Å². The highest BCUT2D eigenvalue weighted by Gasteiger charge is 2.14. The van der Waals surface area contributed by atoms with E-state index in [4.69, 9.17) is 9.47 Å². The predicted molar refractivity (Wildman–Crippen MR) is 110 cm³/mol. The van der Waals surface area contributed by atoms with Gasteiger partial charge in [-0.3, -0.25) is 4.79 Å². The number of hydrogen-bond acceptors (Lipinski definition) is 4. The van der Waals surface area contributed by atoms with Crippen LogP contribution in [0.25, 0.3) is 6.08 Å². The van der Waals surface area contributed by atoms with Gasteiger partial charge in [0.05, 0.1) is 18.2 Å². The summed E-state index contributed by atoms with van der Waals surface area (Å²) in [7, 11) is 1.55. The van der Waals surface area contributed by atoms with Crippen molar-refractivity contribution >= 4 is 33.6 Å². The van der Waals surface area contributed by atoms with Gasteiger partial charge in [0.25, 0.3) is 5.91 Å². The monoisotopic (exact) mass is 428 g/mol. The lowest BCUT2D eigenvalue weighted by molar-refractivity contribution is -0.112. The normalized spacial score (nSPS) is 10.9. The quantitative estimate of drug-likeness (QED) is 0.517. The first-order valence-corrected chi connectivity index (χ1v) is 9.19. The lowest BCUT2D eigenvalue weighted by atomic mass is 10.1. The Balaban J connectivity index is 2.34. The summed E-state index contributed by atoms with van der Waals surface area (Å²) < 4.78 is 11.6. The van der Waals surface area contributed by atoms with Crippen LogP contribution in [-0.2, 0) is 4.79 Å². The van der Waals surface area contributed by atoms with Gasteiger partial charge in [0, 0.05) is 5.69 Å². The number of nitriles is 1. The number of rotatable bonds is 6. The highest BCUT2D eigenvalue weighted by molar-refractivity contribution is 9.10. The van der Waals surface area contributed by atoms with Crippen LogP contribution >= 0.6 is 15.9 Å². The second kappa shape index (κ2) is 9.24. The summed E-state index contributed by atoms with van der Waals surface area (Å²) in [6, 6.07) is 11.2. The third-order valence-electron chi connectivity index (χ3n) is 3.84. The van der Waals surface area contributed by atoms with Gasteiger partial charge in [-0.1, -0.05) is 17.7 Å². The molecule has 140 valence electrons. The first kappa shape index (κ1) is 20.5. The number of nitrogens with one attached hydrogen (secondary N) is 1. The number of halogens is 1. The molecule has 0 radical (unpaired) electrons. The summed E-state index contributed by atoms with van der Waals surface area (Å²) >= 11 is 3.43. The van der Waals surface area contributed by atoms with Gasteiger partial charge in [-0.05, 0) is 72.1 Å². The van der Waals surface area contributed by atoms with Crippen LogP contribution in [0.5, 0.6) is 11.5 Å². The Morgan fingerprint density at radius 2 is 2.04 bits per heavy atom. The molecule has 5 nitrogen and oxygen atoms in total. The van der Waals surface area contributed by atoms with E-state index in [0.29, 0.717) is 33.8 Å². The van der Waals surface area contributed by atoms with Crippen molar-refractivity contribution in [2.45, 2.75) is 20.8 Å². The standard InChI is InChI=1S/C21H21BrN2O3/c1-5-27-19-11-15(10-17(22)20(19)26-4)9-16(12-23)21(25)24-18-7-6-13(2)8-14(18)3/h6-11H,5H2,1-4H3,(H,24,25)/b16-9-. The van der Waals surface area contributed by atoms with Crippen LogP contribution < -0.4 is 14.8 Å². The van der Waals surface area contributed by atoms with Crippen LogP contribution in [0.4, 0.5) is 5.69 Å². The van der Waals surface area contributed by atoms with Crippen molar-refractivity contribution in [1.82, 2.24) is 0 Å². The number of hydrogen-bond donors (Lipinski definition) is 1. The van der Waals surface area contributed by atoms with E-state index in [-0.39, 0.29) is 5.57 Å². The van der Waals surface area contributed by atoms with Gasteiger partial charge in [-0.2, -0.15) is 5.26 Å². The van der Waals surface area contributed by atoms with E-state index >= 15 is 0 Å². The Morgan fingerprint density at radius 3 is 2.63 bits per heavy atom. The summed E-state index contributed by atoms with van der Waals surface area (Å²) in [5, 5.41) is 12.2. The first-order valence-electron chi connectivity index (χ1n) is 8.40. The summed E-state index contributed by atoms with van der Waals surface area (Å²) in [6.07, 6.45) is 1.52. The maximum atomic E-state index is 12.5. The molecular weight excluding hydrogens is 408 g/mol. The summed E-state index contributed by atoms with van der Waals surface area (Å²) in [5.74, 6) is 0.634. The van der Waals surface area contributed by atoms with Crippen molar-refractivity contribution in [3.63, 3.8) is 0 Å². The molecule has 0 fully saturated rings. The highest BCUT2D eigenvalue weighted by Crippen LogP contribution is 2.37. The maximum absolute atomic E-state index is 12.5. The second-order valence-electron chi connectivity index (χ2n) is 5.91. The molecule has 1 N–H and O–H groups in total. The van der Waals surface area contributed by atoms with Gasteiger partial charge in [0.15, 0.2) is 11.5 Å². The number of methoxy groups -OCH3 is 1. The highest BCUT2D eigenvalue weighted by atomic mass is 79.9. The zero-order valence-corrected chi connectivity index (χ0v) is 17.3. The third-order valence-corrected chi connectivity index (χ3v) is 4.43. The predicted octanol–water partition coefficient (Wildman–Crippen LogP) is 5.02. The number of aryl methyl sites for hydroxylation is 2. The van der Waals surface area contributed by atoms with Crippen molar-refractivity contribution < 1.29 is 14.3 Å². The fourth-order valence-electron chi connectivity index (χ4n) is 2.59. The molecule has 0 saturated carbocycles.